The molecule has 0 fully saturated rings. The zero-order chi connectivity index (χ0) is 21.1. The minimum Gasteiger partial charge on any atom is -0.507 e. The van der Waals surface area contributed by atoms with Crippen LogP contribution in [0.4, 0.5) is 5.69 Å². The van der Waals surface area contributed by atoms with Crippen molar-refractivity contribution in [2.24, 2.45) is 0 Å². The van der Waals surface area contributed by atoms with Gasteiger partial charge >= 0.3 is 5.97 Å². The number of carbonyl (C=O) groups excluding carboxylic acids is 1. The van der Waals surface area contributed by atoms with Crippen LogP contribution < -0.4 is 5.32 Å². The molecule has 0 atom stereocenters. The minimum atomic E-state index is -1.17. The topological polar surface area (TPSA) is 104 Å². The third kappa shape index (κ3) is 4.57. The van der Waals surface area contributed by atoms with Crippen molar-refractivity contribution in [3.05, 3.63) is 96.6 Å². The maximum absolute atomic E-state index is 12.9. The molecule has 1 amide bonds. The van der Waals surface area contributed by atoms with Crippen molar-refractivity contribution in [3.63, 3.8) is 0 Å². The van der Waals surface area contributed by atoms with Gasteiger partial charge in [-0.3, -0.25) is 4.79 Å². The number of hydrogen-bond donors (Lipinski definition) is 3. The summed E-state index contributed by atoms with van der Waals surface area (Å²) < 4.78 is 1.69. The molecule has 3 aromatic carbocycles. The molecule has 0 radical (unpaired) electrons. The lowest BCUT2D eigenvalue weighted by Gasteiger charge is -2.13. The van der Waals surface area contributed by atoms with E-state index in [2.05, 4.69) is 10.3 Å². The Bertz CT molecular complexity index is 1230. The van der Waals surface area contributed by atoms with E-state index in [4.69, 9.17) is 0 Å². The van der Waals surface area contributed by atoms with E-state index in [1.54, 1.807) is 41.5 Å². The number of aromatic hydroxyl groups is 1. The summed E-state index contributed by atoms with van der Waals surface area (Å²) in [5.74, 6) is -2.00. The summed E-state index contributed by atoms with van der Waals surface area (Å²) in [6.07, 6.45) is 4.88. The molecule has 0 aliphatic carbocycles. The first-order valence-electron chi connectivity index (χ1n) is 9.08. The number of nitrogens with one attached hydrogen (secondary N) is 1. The molecular formula is C23H18ClN3O4. The second-order valence-electron chi connectivity index (χ2n) is 6.56. The number of rotatable bonds is 5. The number of amides is 1. The van der Waals surface area contributed by atoms with Crippen LogP contribution in [-0.2, 0) is 0 Å². The predicted octanol–water partition coefficient (Wildman–Crippen LogP) is 4.62. The summed E-state index contributed by atoms with van der Waals surface area (Å²) in [6, 6.07) is 18.7. The number of carboxylic acid groups (broad SMARTS) is 1. The average molecular weight is 436 g/mol. The van der Waals surface area contributed by atoms with Crippen molar-refractivity contribution >= 4 is 30.0 Å². The number of aromatic nitrogens is 2. The second-order valence-corrected chi connectivity index (χ2v) is 6.56. The van der Waals surface area contributed by atoms with Crippen LogP contribution in [-0.4, -0.2) is 31.6 Å². The van der Waals surface area contributed by atoms with Crippen LogP contribution in [0.1, 0.15) is 20.7 Å². The van der Waals surface area contributed by atoms with Gasteiger partial charge in [0.2, 0.25) is 0 Å². The van der Waals surface area contributed by atoms with Gasteiger partial charge in [0.05, 0.1) is 23.1 Å². The van der Waals surface area contributed by atoms with Crippen LogP contribution in [0.25, 0.3) is 16.8 Å². The molecule has 0 saturated carbocycles. The molecule has 31 heavy (non-hydrogen) atoms. The highest BCUT2D eigenvalue weighted by molar-refractivity contribution is 6.09. The molecule has 1 aromatic heterocycles. The van der Waals surface area contributed by atoms with Gasteiger partial charge in [0.15, 0.2) is 0 Å². The normalized spacial score (nSPS) is 10.2. The average Bonchev–Trinajstić information content (AvgIpc) is 3.29. The van der Waals surface area contributed by atoms with Gasteiger partial charge in [-0.25, -0.2) is 9.78 Å². The largest absolute Gasteiger partial charge is 0.507 e. The van der Waals surface area contributed by atoms with Crippen molar-refractivity contribution in [2.45, 2.75) is 0 Å². The summed E-state index contributed by atoms with van der Waals surface area (Å²) in [7, 11) is 0. The van der Waals surface area contributed by atoms with Gasteiger partial charge in [-0.2, -0.15) is 0 Å². The number of anilines is 1. The molecule has 1 heterocycles. The zero-order valence-corrected chi connectivity index (χ0v) is 16.9. The fraction of sp³-hybridized carbons (Fsp3) is 0. The molecule has 8 heteroatoms. The molecule has 0 saturated heterocycles. The first kappa shape index (κ1) is 21.6. The standard InChI is InChI=1S/C23H17N3O4.ClH/c27-21-9-7-17(26-11-10-24-14-26)13-19(21)22(28)25-20-12-16(6-8-18(20)23(29)30)15-4-2-1-3-5-15;/h1-14,27H,(H,25,28)(H,29,30);1H. The highest BCUT2D eigenvalue weighted by atomic mass is 35.5. The van der Waals surface area contributed by atoms with Gasteiger partial charge in [-0.15, -0.1) is 12.4 Å². The molecule has 4 rings (SSSR count). The van der Waals surface area contributed by atoms with Gasteiger partial charge in [0.25, 0.3) is 5.91 Å². The quantitative estimate of drug-likeness (QED) is 0.424. The number of phenolic OH excluding ortho intramolecular Hbond substituents is 1. The van der Waals surface area contributed by atoms with Gasteiger partial charge in [-0.1, -0.05) is 36.4 Å². The number of carbonyl (C=O) groups is 2. The Labute approximate surface area is 184 Å². The van der Waals surface area contributed by atoms with Gasteiger partial charge < -0.3 is 20.1 Å². The molecule has 3 N–H and O–H groups in total. The summed E-state index contributed by atoms with van der Waals surface area (Å²) in [5, 5.41) is 22.3. The fourth-order valence-electron chi connectivity index (χ4n) is 3.11. The summed E-state index contributed by atoms with van der Waals surface area (Å²) >= 11 is 0. The zero-order valence-electron chi connectivity index (χ0n) is 16.1. The van der Waals surface area contributed by atoms with Crippen molar-refractivity contribution in [1.29, 1.82) is 0 Å². The smallest absolute Gasteiger partial charge is 0.337 e. The van der Waals surface area contributed by atoms with Crippen molar-refractivity contribution < 1.29 is 19.8 Å². The Morgan fingerprint density at radius 2 is 1.68 bits per heavy atom. The molecule has 0 spiro atoms. The number of aromatic carboxylic acids is 1. The molecule has 0 aliphatic rings. The molecule has 4 aromatic rings. The number of nitrogens with zero attached hydrogens (tertiary/aromatic N) is 2. The first-order valence-corrected chi connectivity index (χ1v) is 9.08. The Hall–Kier alpha value is -4.10. The Morgan fingerprint density at radius 1 is 0.903 bits per heavy atom. The lowest BCUT2D eigenvalue weighted by Crippen LogP contribution is -2.15. The number of halogens is 1. The van der Waals surface area contributed by atoms with Crippen LogP contribution >= 0.6 is 12.4 Å². The molecule has 0 bridgehead atoms. The van der Waals surface area contributed by atoms with Crippen molar-refractivity contribution in [1.82, 2.24) is 9.55 Å². The lowest BCUT2D eigenvalue weighted by molar-refractivity contribution is 0.0698. The number of hydrogen-bond acceptors (Lipinski definition) is 4. The SMILES string of the molecule is Cl.O=C(Nc1cc(-c2ccccc2)ccc1C(=O)O)c1cc(-n2ccnc2)ccc1O. The van der Waals surface area contributed by atoms with Gasteiger partial charge in [0, 0.05) is 18.1 Å². The van der Waals surface area contributed by atoms with Crippen LogP contribution in [0.15, 0.2) is 85.5 Å². The monoisotopic (exact) mass is 435 g/mol. The molecule has 156 valence electrons. The fourth-order valence-corrected chi connectivity index (χ4v) is 3.11. The van der Waals surface area contributed by atoms with E-state index in [9.17, 15) is 19.8 Å². The minimum absolute atomic E-state index is 0. The van der Waals surface area contributed by atoms with E-state index < -0.39 is 11.9 Å². The third-order valence-corrected chi connectivity index (χ3v) is 4.63. The molecular weight excluding hydrogens is 418 g/mol. The Morgan fingerprint density at radius 3 is 2.35 bits per heavy atom. The van der Waals surface area contributed by atoms with Crippen LogP contribution in [0.2, 0.25) is 0 Å². The van der Waals surface area contributed by atoms with Gasteiger partial charge in [0.1, 0.15) is 5.75 Å². The van der Waals surface area contributed by atoms with Crippen LogP contribution in [0.3, 0.4) is 0 Å². The summed E-state index contributed by atoms with van der Waals surface area (Å²) in [5.41, 5.74) is 2.38. The van der Waals surface area contributed by atoms with Crippen molar-refractivity contribution in [3.8, 4) is 22.6 Å². The van der Waals surface area contributed by atoms with E-state index >= 15 is 0 Å². The number of carboxylic acids is 1. The second kappa shape index (κ2) is 9.15. The van der Waals surface area contributed by atoms with Crippen LogP contribution in [0, 0.1) is 0 Å². The highest BCUT2D eigenvalue weighted by Gasteiger charge is 2.18. The van der Waals surface area contributed by atoms with E-state index in [0.29, 0.717) is 5.69 Å². The Kier molecular flexibility index (Phi) is 6.37. The summed E-state index contributed by atoms with van der Waals surface area (Å²) in [6.45, 7) is 0. The lowest BCUT2D eigenvalue weighted by atomic mass is 10.0. The van der Waals surface area contributed by atoms with Crippen molar-refractivity contribution in [2.75, 3.05) is 5.32 Å². The number of benzene rings is 3. The third-order valence-electron chi connectivity index (χ3n) is 4.63. The van der Waals surface area contributed by atoms with Gasteiger partial charge in [-0.05, 0) is 41.5 Å². The predicted molar refractivity (Wildman–Crippen MR) is 119 cm³/mol. The summed E-state index contributed by atoms with van der Waals surface area (Å²) in [4.78, 5) is 28.5. The molecule has 0 aliphatic heterocycles. The van der Waals surface area contributed by atoms with E-state index in [0.717, 1.165) is 11.1 Å². The maximum atomic E-state index is 12.9. The van der Waals surface area contributed by atoms with E-state index in [1.165, 1.54) is 18.2 Å². The maximum Gasteiger partial charge on any atom is 0.337 e. The molecule has 7 nitrogen and oxygen atoms in total. The van der Waals surface area contributed by atoms with E-state index in [1.807, 2.05) is 30.3 Å². The first-order chi connectivity index (χ1) is 14.5. The number of phenols is 1. The Balaban J connectivity index is 0.00000272. The van der Waals surface area contributed by atoms with Crippen LogP contribution in [0.5, 0.6) is 5.75 Å². The molecule has 0 unspecified atom stereocenters. The highest BCUT2D eigenvalue weighted by Crippen LogP contribution is 2.28. The number of imidazole rings is 1. The van der Waals surface area contributed by atoms with E-state index in [-0.39, 0.29) is 35.0 Å².